The molecule has 0 aliphatic carbocycles. The van der Waals surface area contributed by atoms with E-state index in [0.717, 1.165) is 0 Å². The second-order valence-corrected chi connectivity index (χ2v) is 10.3. The largest absolute Gasteiger partial charge is 0.514 e. The van der Waals surface area contributed by atoms with Crippen LogP contribution in [0.1, 0.15) is 67.4 Å². The third-order valence-corrected chi connectivity index (χ3v) is 6.51. The van der Waals surface area contributed by atoms with Crippen LogP contribution in [-0.2, 0) is 35.0 Å². The zero-order chi connectivity index (χ0) is 30.4. The molecular formula is C29H45NO10. The van der Waals surface area contributed by atoms with E-state index in [1.54, 1.807) is 26.8 Å². The Morgan fingerprint density at radius 3 is 1.85 bits per heavy atom. The van der Waals surface area contributed by atoms with Gasteiger partial charge in [-0.3, -0.25) is 9.59 Å². The van der Waals surface area contributed by atoms with Crippen molar-refractivity contribution in [2.24, 2.45) is 17.8 Å². The Bertz CT molecular complexity index is 978. The summed E-state index contributed by atoms with van der Waals surface area (Å²) in [5.41, 5.74) is 0.565. The molecule has 0 saturated carbocycles. The van der Waals surface area contributed by atoms with E-state index in [-0.39, 0.29) is 54.8 Å². The van der Waals surface area contributed by atoms with Crippen molar-refractivity contribution in [1.29, 1.82) is 0 Å². The van der Waals surface area contributed by atoms with Crippen molar-refractivity contribution in [2.45, 2.75) is 86.5 Å². The highest BCUT2D eigenvalue weighted by Gasteiger charge is 2.24. The molecule has 1 aromatic carbocycles. The molecule has 1 aromatic rings. The van der Waals surface area contributed by atoms with Gasteiger partial charge in [0.2, 0.25) is 0 Å². The number of nitrogens with one attached hydrogen (secondary N) is 1. The third kappa shape index (κ3) is 12.2. The minimum Gasteiger partial charge on any atom is -0.468 e. The van der Waals surface area contributed by atoms with Gasteiger partial charge in [-0.15, -0.1) is 0 Å². The van der Waals surface area contributed by atoms with Crippen molar-refractivity contribution in [3.8, 4) is 11.5 Å². The van der Waals surface area contributed by atoms with E-state index in [9.17, 15) is 19.2 Å². The molecule has 0 heterocycles. The van der Waals surface area contributed by atoms with Crippen LogP contribution in [0, 0.1) is 17.8 Å². The number of benzene rings is 1. The number of carbonyl (C=O) groups is 4. The predicted molar refractivity (Wildman–Crippen MR) is 147 cm³/mol. The summed E-state index contributed by atoms with van der Waals surface area (Å²) in [6.45, 7) is 15.0. The Hall–Kier alpha value is -3.34. The average molecular weight is 568 g/mol. The number of methoxy groups -OCH3 is 1. The highest BCUT2D eigenvalue weighted by Crippen LogP contribution is 2.30. The second kappa shape index (κ2) is 17.4. The molecule has 40 heavy (non-hydrogen) atoms. The topological polar surface area (TPSA) is 136 Å². The molecule has 0 aromatic heterocycles. The lowest BCUT2D eigenvalue weighted by molar-refractivity contribution is -0.148. The van der Waals surface area contributed by atoms with Crippen molar-refractivity contribution in [2.75, 3.05) is 20.3 Å². The first-order valence-electron chi connectivity index (χ1n) is 13.7. The maximum Gasteiger partial charge on any atom is 0.514 e. The van der Waals surface area contributed by atoms with Gasteiger partial charge in [0, 0.05) is 6.54 Å². The molecule has 1 rings (SSSR count). The zero-order valence-corrected chi connectivity index (χ0v) is 25.1. The monoisotopic (exact) mass is 567 g/mol. The summed E-state index contributed by atoms with van der Waals surface area (Å²) in [5, 5.41) is 3.02. The molecule has 0 aliphatic heterocycles. The summed E-state index contributed by atoms with van der Waals surface area (Å²) >= 11 is 0. The lowest BCUT2D eigenvalue weighted by Crippen LogP contribution is -2.41. The Morgan fingerprint density at radius 1 is 0.800 bits per heavy atom. The van der Waals surface area contributed by atoms with Gasteiger partial charge >= 0.3 is 24.2 Å². The van der Waals surface area contributed by atoms with E-state index in [2.05, 4.69) is 5.32 Å². The molecule has 0 spiro atoms. The molecule has 0 bridgehead atoms. The molecule has 1 N–H and O–H groups in total. The summed E-state index contributed by atoms with van der Waals surface area (Å²) in [5.74, 6) is -1.07. The molecule has 0 radical (unpaired) electrons. The fraction of sp³-hybridized carbons (Fsp3) is 0.655. The predicted octanol–water partition coefficient (Wildman–Crippen LogP) is 5.07. The van der Waals surface area contributed by atoms with Crippen LogP contribution in [0.15, 0.2) is 18.2 Å². The van der Waals surface area contributed by atoms with E-state index >= 15 is 0 Å². The van der Waals surface area contributed by atoms with Crippen molar-refractivity contribution in [1.82, 2.24) is 5.32 Å². The smallest absolute Gasteiger partial charge is 0.468 e. The van der Waals surface area contributed by atoms with Gasteiger partial charge < -0.3 is 33.7 Å². The quantitative estimate of drug-likeness (QED) is 0.132. The van der Waals surface area contributed by atoms with Crippen LogP contribution in [0.4, 0.5) is 9.59 Å². The molecule has 0 aliphatic rings. The van der Waals surface area contributed by atoms with Crippen LogP contribution < -0.4 is 14.8 Å². The first kappa shape index (κ1) is 34.7. The Balaban J connectivity index is 3.09. The van der Waals surface area contributed by atoms with Crippen LogP contribution in [0.2, 0.25) is 0 Å². The minimum absolute atomic E-state index is 0.0541. The summed E-state index contributed by atoms with van der Waals surface area (Å²) < 4.78 is 31.4. The second-order valence-electron chi connectivity index (χ2n) is 10.3. The Labute approximate surface area is 237 Å². The average Bonchev–Trinajstić information content (AvgIpc) is 2.90. The van der Waals surface area contributed by atoms with Gasteiger partial charge in [-0.1, -0.05) is 47.6 Å². The minimum atomic E-state index is -0.974. The highest BCUT2D eigenvalue weighted by molar-refractivity contribution is 5.76. The number of rotatable bonds is 15. The lowest BCUT2D eigenvalue weighted by Gasteiger charge is -2.20. The van der Waals surface area contributed by atoms with Gasteiger partial charge in [0.05, 0.1) is 13.0 Å². The van der Waals surface area contributed by atoms with Gasteiger partial charge in [0.25, 0.3) is 0 Å². The summed E-state index contributed by atoms with van der Waals surface area (Å²) in [6, 6.07) is 3.73. The summed E-state index contributed by atoms with van der Waals surface area (Å²) in [7, 11) is 1.26. The molecule has 0 saturated heterocycles. The molecule has 0 amide bonds. The number of hydrogen-bond donors (Lipinski definition) is 1. The number of esters is 2. The fourth-order valence-electron chi connectivity index (χ4n) is 2.96. The van der Waals surface area contributed by atoms with Gasteiger partial charge in [-0.05, 0) is 56.2 Å². The number of hydrogen-bond acceptors (Lipinski definition) is 11. The van der Waals surface area contributed by atoms with Crippen LogP contribution in [-0.4, -0.2) is 62.8 Å². The molecule has 0 fully saturated rings. The number of ether oxygens (including phenoxy) is 6. The van der Waals surface area contributed by atoms with Crippen LogP contribution >= 0.6 is 0 Å². The van der Waals surface area contributed by atoms with Gasteiger partial charge in [0.1, 0.15) is 24.9 Å². The standard InChI is InChI=1S/C29H45NO10/c1-10-19(6)26(31)36-14-13-30-23(27(32)35-9)15-22-11-12-24(39-28(33)37-20(7)17(2)3)25(16-22)40-29(34)38-21(8)18(4)5/h11-12,16-21,23,30H,10,13-15H2,1-9H3/t19?,20?,21?,23-/m0/s1. The molecule has 3 unspecified atom stereocenters. The molecule has 226 valence electrons. The summed E-state index contributed by atoms with van der Waals surface area (Å²) in [4.78, 5) is 49.2. The maximum atomic E-state index is 12.5. The third-order valence-electron chi connectivity index (χ3n) is 6.51. The Kier molecular flexibility index (Phi) is 15.1. The van der Waals surface area contributed by atoms with Crippen molar-refractivity contribution in [3.05, 3.63) is 23.8 Å². The van der Waals surface area contributed by atoms with Gasteiger partial charge in [0.15, 0.2) is 11.5 Å². The summed E-state index contributed by atoms with van der Waals surface area (Å²) in [6.07, 6.45) is -1.95. The van der Waals surface area contributed by atoms with E-state index < -0.39 is 36.5 Å². The van der Waals surface area contributed by atoms with E-state index in [1.807, 2.05) is 34.6 Å². The molecular weight excluding hydrogens is 522 g/mol. The molecule has 11 heteroatoms. The fourth-order valence-corrected chi connectivity index (χ4v) is 2.96. The van der Waals surface area contributed by atoms with Crippen molar-refractivity contribution >= 4 is 24.2 Å². The first-order chi connectivity index (χ1) is 18.8. The molecule has 11 nitrogen and oxygen atoms in total. The van der Waals surface area contributed by atoms with Crippen molar-refractivity contribution < 1.29 is 47.6 Å². The molecule has 4 atom stereocenters. The number of carbonyl (C=O) groups excluding carboxylic acids is 4. The Morgan fingerprint density at radius 2 is 1.35 bits per heavy atom. The zero-order valence-electron chi connectivity index (χ0n) is 25.1. The van der Waals surface area contributed by atoms with E-state index in [0.29, 0.717) is 12.0 Å². The van der Waals surface area contributed by atoms with Crippen molar-refractivity contribution in [3.63, 3.8) is 0 Å². The highest BCUT2D eigenvalue weighted by atomic mass is 16.8. The first-order valence-corrected chi connectivity index (χ1v) is 13.7. The SMILES string of the molecule is CCC(C)C(=O)OCCN[C@@H](Cc1ccc(OC(=O)OC(C)C(C)C)c(OC(=O)OC(C)C(C)C)c1)C(=O)OC. The van der Waals surface area contributed by atoms with Crippen LogP contribution in [0.5, 0.6) is 11.5 Å². The van der Waals surface area contributed by atoms with E-state index in [4.69, 9.17) is 28.4 Å². The normalized spacial score (nSPS) is 14.1. The van der Waals surface area contributed by atoms with E-state index in [1.165, 1.54) is 19.2 Å². The van der Waals surface area contributed by atoms with Crippen LogP contribution in [0.3, 0.4) is 0 Å². The maximum absolute atomic E-state index is 12.5. The van der Waals surface area contributed by atoms with Crippen LogP contribution in [0.25, 0.3) is 0 Å². The lowest BCUT2D eigenvalue weighted by atomic mass is 10.1. The van der Waals surface area contributed by atoms with Gasteiger partial charge in [-0.25, -0.2) is 9.59 Å². The van der Waals surface area contributed by atoms with Gasteiger partial charge in [-0.2, -0.15) is 0 Å².